The molecule has 0 N–H and O–H groups in total. The van der Waals surface area contributed by atoms with E-state index in [1.807, 2.05) is 12.1 Å². The zero-order valence-electron chi connectivity index (χ0n) is 15.5. The van der Waals surface area contributed by atoms with Gasteiger partial charge in [-0.2, -0.15) is 0 Å². The van der Waals surface area contributed by atoms with Crippen LogP contribution >= 0.6 is 0 Å². The van der Waals surface area contributed by atoms with Gasteiger partial charge in [0.2, 0.25) is 0 Å². The lowest BCUT2D eigenvalue weighted by Gasteiger charge is -2.42. The molecule has 1 aromatic rings. The first kappa shape index (κ1) is 17.6. The third kappa shape index (κ3) is 4.22. The summed E-state index contributed by atoms with van der Waals surface area (Å²) in [6, 6.07) is 6.90. The van der Waals surface area contributed by atoms with Crippen molar-refractivity contribution in [2.24, 2.45) is 5.92 Å². The van der Waals surface area contributed by atoms with Gasteiger partial charge in [0.25, 0.3) is 0 Å². The van der Waals surface area contributed by atoms with E-state index in [0.717, 1.165) is 43.1 Å². The van der Waals surface area contributed by atoms with Crippen LogP contribution in [0, 0.1) is 5.92 Å². The van der Waals surface area contributed by atoms with E-state index < -0.39 is 0 Å². The third-order valence-corrected chi connectivity index (χ3v) is 5.71. The van der Waals surface area contributed by atoms with E-state index in [0.29, 0.717) is 0 Å². The zero-order valence-corrected chi connectivity index (χ0v) is 15.5. The Kier molecular flexibility index (Phi) is 6.01. The first-order chi connectivity index (χ1) is 11.7. The summed E-state index contributed by atoms with van der Waals surface area (Å²) in [4.78, 5) is 5.27. The van der Waals surface area contributed by atoms with Crippen molar-refractivity contribution >= 4 is 0 Å². The molecule has 1 saturated heterocycles. The van der Waals surface area contributed by atoms with Gasteiger partial charge in [-0.1, -0.05) is 19.8 Å². The molecule has 0 bridgehead atoms. The second kappa shape index (κ2) is 8.21. The Morgan fingerprint density at radius 3 is 2.50 bits per heavy atom. The molecule has 2 fully saturated rings. The summed E-state index contributed by atoms with van der Waals surface area (Å²) in [6.45, 7) is 8.04. The van der Waals surface area contributed by atoms with Crippen LogP contribution < -0.4 is 9.47 Å². The van der Waals surface area contributed by atoms with Gasteiger partial charge in [-0.15, -0.1) is 0 Å². The van der Waals surface area contributed by atoms with Gasteiger partial charge in [0.1, 0.15) is 11.5 Å². The van der Waals surface area contributed by atoms with Gasteiger partial charge >= 0.3 is 0 Å². The Bertz CT molecular complexity index is 526. The Morgan fingerprint density at radius 1 is 1.04 bits per heavy atom. The van der Waals surface area contributed by atoms with Crippen LogP contribution in [-0.2, 0) is 6.54 Å². The fourth-order valence-corrected chi connectivity index (χ4v) is 4.27. The number of piperazine rings is 1. The minimum atomic E-state index is 0.822. The van der Waals surface area contributed by atoms with Crippen LogP contribution in [0.1, 0.15) is 38.2 Å². The van der Waals surface area contributed by atoms with Crippen LogP contribution in [0.4, 0.5) is 0 Å². The Balaban J connectivity index is 1.55. The maximum atomic E-state index is 5.52. The molecule has 0 aromatic heterocycles. The molecule has 1 aromatic carbocycles. The van der Waals surface area contributed by atoms with Gasteiger partial charge in [0, 0.05) is 44.3 Å². The van der Waals surface area contributed by atoms with Crippen molar-refractivity contribution in [3.8, 4) is 11.5 Å². The zero-order chi connectivity index (χ0) is 16.9. The lowest BCUT2D eigenvalue weighted by atomic mass is 9.86. The maximum Gasteiger partial charge on any atom is 0.123 e. The summed E-state index contributed by atoms with van der Waals surface area (Å²) < 4.78 is 10.9. The standard InChI is InChI=1S/C20H32N2O2/c1-16-5-4-6-18(13-16)22-11-9-21(10-12-22)15-17-14-19(23-2)7-8-20(17)24-3/h7-8,14,16,18H,4-6,9-13,15H2,1-3H3/t16-,18+/m0/s1. The molecule has 2 atom stereocenters. The summed E-state index contributed by atoms with van der Waals surface area (Å²) in [6.07, 6.45) is 5.62. The number of ether oxygens (including phenoxy) is 2. The molecule has 0 unspecified atom stereocenters. The molecule has 1 saturated carbocycles. The number of nitrogens with zero attached hydrogens (tertiary/aromatic N) is 2. The first-order valence-electron chi connectivity index (χ1n) is 9.37. The van der Waals surface area contributed by atoms with Gasteiger partial charge in [-0.05, 0) is 37.0 Å². The van der Waals surface area contributed by atoms with Crippen molar-refractivity contribution in [1.82, 2.24) is 9.80 Å². The predicted octanol–water partition coefficient (Wildman–Crippen LogP) is 3.40. The van der Waals surface area contributed by atoms with Crippen LogP contribution in [0.25, 0.3) is 0 Å². The summed E-state index contributed by atoms with van der Waals surface area (Å²) in [5, 5.41) is 0. The topological polar surface area (TPSA) is 24.9 Å². The molecule has 3 rings (SSSR count). The molecule has 2 aliphatic rings. The monoisotopic (exact) mass is 332 g/mol. The number of hydrogen-bond acceptors (Lipinski definition) is 4. The van der Waals surface area contributed by atoms with E-state index >= 15 is 0 Å². The molecule has 0 spiro atoms. The average molecular weight is 332 g/mol. The molecule has 0 radical (unpaired) electrons. The van der Waals surface area contributed by atoms with Gasteiger partial charge in [0.15, 0.2) is 0 Å². The third-order valence-electron chi connectivity index (χ3n) is 5.71. The summed E-state index contributed by atoms with van der Waals surface area (Å²) in [5.74, 6) is 2.77. The van der Waals surface area contributed by atoms with Crippen molar-refractivity contribution < 1.29 is 9.47 Å². The van der Waals surface area contributed by atoms with Crippen molar-refractivity contribution in [2.45, 2.75) is 45.2 Å². The van der Waals surface area contributed by atoms with Crippen LogP contribution in [0.15, 0.2) is 18.2 Å². The largest absolute Gasteiger partial charge is 0.497 e. The van der Waals surface area contributed by atoms with E-state index in [-0.39, 0.29) is 0 Å². The van der Waals surface area contributed by atoms with Crippen molar-refractivity contribution in [1.29, 1.82) is 0 Å². The van der Waals surface area contributed by atoms with Crippen molar-refractivity contribution in [3.05, 3.63) is 23.8 Å². The van der Waals surface area contributed by atoms with Crippen LogP contribution in [0.5, 0.6) is 11.5 Å². The number of rotatable bonds is 5. The van der Waals surface area contributed by atoms with Crippen LogP contribution in [-0.4, -0.2) is 56.2 Å². The minimum Gasteiger partial charge on any atom is -0.497 e. The lowest BCUT2D eigenvalue weighted by Crippen LogP contribution is -2.50. The Morgan fingerprint density at radius 2 is 1.83 bits per heavy atom. The summed E-state index contributed by atoms with van der Waals surface area (Å²) in [5.41, 5.74) is 1.22. The molecule has 4 nitrogen and oxygen atoms in total. The maximum absolute atomic E-state index is 5.52. The van der Waals surface area contributed by atoms with Gasteiger partial charge in [0.05, 0.1) is 14.2 Å². The molecule has 1 heterocycles. The summed E-state index contributed by atoms with van der Waals surface area (Å²) in [7, 11) is 3.46. The molecule has 1 aliphatic carbocycles. The highest BCUT2D eigenvalue weighted by Gasteiger charge is 2.27. The fourth-order valence-electron chi connectivity index (χ4n) is 4.27. The number of hydrogen-bond donors (Lipinski definition) is 0. The van der Waals surface area contributed by atoms with Crippen LogP contribution in [0.2, 0.25) is 0 Å². The Hall–Kier alpha value is -1.26. The fraction of sp³-hybridized carbons (Fsp3) is 0.700. The van der Waals surface area contributed by atoms with E-state index in [4.69, 9.17) is 9.47 Å². The number of methoxy groups -OCH3 is 2. The normalized spacial score (nSPS) is 26.3. The highest BCUT2D eigenvalue weighted by atomic mass is 16.5. The van der Waals surface area contributed by atoms with E-state index in [9.17, 15) is 0 Å². The molecule has 4 heteroatoms. The van der Waals surface area contributed by atoms with Gasteiger partial charge < -0.3 is 9.47 Å². The van der Waals surface area contributed by atoms with Gasteiger partial charge in [-0.25, -0.2) is 0 Å². The highest BCUT2D eigenvalue weighted by Crippen LogP contribution is 2.29. The average Bonchev–Trinajstić information content (AvgIpc) is 2.62. The smallest absolute Gasteiger partial charge is 0.123 e. The predicted molar refractivity (Wildman–Crippen MR) is 97.8 cm³/mol. The van der Waals surface area contributed by atoms with E-state index in [1.54, 1.807) is 14.2 Å². The van der Waals surface area contributed by atoms with E-state index in [2.05, 4.69) is 22.8 Å². The lowest BCUT2D eigenvalue weighted by molar-refractivity contribution is 0.0656. The minimum absolute atomic E-state index is 0.822. The van der Waals surface area contributed by atoms with Crippen molar-refractivity contribution in [2.75, 3.05) is 40.4 Å². The molecule has 134 valence electrons. The molecule has 0 amide bonds. The molecular formula is C20H32N2O2. The second-order valence-corrected chi connectivity index (χ2v) is 7.42. The van der Waals surface area contributed by atoms with Crippen molar-refractivity contribution in [3.63, 3.8) is 0 Å². The summed E-state index contributed by atoms with van der Waals surface area (Å²) >= 11 is 0. The van der Waals surface area contributed by atoms with Gasteiger partial charge in [-0.3, -0.25) is 9.80 Å². The second-order valence-electron chi connectivity index (χ2n) is 7.42. The molecule has 1 aliphatic heterocycles. The first-order valence-corrected chi connectivity index (χ1v) is 9.37. The van der Waals surface area contributed by atoms with E-state index in [1.165, 1.54) is 44.3 Å². The molecule has 24 heavy (non-hydrogen) atoms. The number of benzene rings is 1. The highest BCUT2D eigenvalue weighted by molar-refractivity contribution is 5.40. The van der Waals surface area contributed by atoms with Crippen LogP contribution in [0.3, 0.4) is 0 Å². The molecular weight excluding hydrogens is 300 g/mol. The SMILES string of the molecule is COc1ccc(OC)c(CN2CCN([C@@H]3CCC[C@H](C)C3)CC2)c1. The Labute approximate surface area is 146 Å². The quantitative estimate of drug-likeness (QED) is 0.825.